The molecule has 1 atom stereocenters. The Kier molecular flexibility index (Phi) is 2.29. The monoisotopic (exact) mass is 158 g/mol. The van der Waals surface area contributed by atoms with E-state index in [0.717, 1.165) is 10.6 Å². The molecule has 0 aromatic carbocycles. The maximum atomic E-state index is 9.15. The second kappa shape index (κ2) is 3.03. The van der Waals surface area contributed by atoms with Crippen molar-refractivity contribution in [2.45, 2.75) is 13.0 Å². The third-order valence-electron chi connectivity index (χ3n) is 1.26. The lowest BCUT2D eigenvalue weighted by Crippen LogP contribution is -1.90. The lowest BCUT2D eigenvalue weighted by atomic mass is 10.3. The van der Waals surface area contributed by atoms with Gasteiger partial charge in [0.15, 0.2) is 0 Å². The Morgan fingerprint density at radius 1 is 1.70 bits per heavy atom. The molecule has 0 bridgehead atoms. The van der Waals surface area contributed by atoms with Crippen LogP contribution in [0.25, 0.3) is 0 Å². The van der Waals surface area contributed by atoms with Gasteiger partial charge in [-0.05, 0) is 18.4 Å². The standard InChI is InChI=1S/C7H10O2S/c1-5(8)7-6(9-2)3-4-10-7/h3-5,8H,1-2H3. The Hall–Kier alpha value is -0.540. The summed E-state index contributed by atoms with van der Waals surface area (Å²) < 4.78 is 5.00. The minimum Gasteiger partial charge on any atom is -0.495 e. The van der Waals surface area contributed by atoms with Gasteiger partial charge >= 0.3 is 0 Å². The molecule has 1 rings (SSSR count). The summed E-state index contributed by atoms with van der Waals surface area (Å²) in [6.07, 6.45) is -0.421. The van der Waals surface area contributed by atoms with Crippen LogP contribution in [0.5, 0.6) is 5.75 Å². The van der Waals surface area contributed by atoms with Crippen molar-refractivity contribution in [1.82, 2.24) is 0 Å². The zero-order valence-corrected chi connectivity index (χ0v) is 6.81. The predicted molar refractivity (Wildman–Crippen MR) is 41.5 cm³/mol. The molecule has 2 nitrogen and oxygen atoms in total. The summed E-state index contributed by atoms with van der Waals surface area (Å²) in [5.74, 6) is 0.778. The molecule has 3 heteroatoms. The molecule has 0 saturated heterocycles. The van der Waals surface area contributed by atoms with E-state index in [1.807, 2.05) is 11.4 Å². The summed E-state index contributed by atoms with van der Waals surface area (Å²) in [7, 11) is 1.61. The highest BCUT2D eigenvalue weighted by Gasteiger charge is 2.08. The van der Waals surface area contributed by atoms with Gasteiger partial charge in [0.1, 0.15) is 5.75 Å². The van der Waals surface area contributed by atoms with Crippen molar-refractivity contribution in [2.75, 3.05) is 7.11 Å². The molecule has 1 aromatic rings. The number of rotatable bonds is 2. The fourth-order valence-electron chi connectivity index (χ4n) is 0.782. The van der Waals surface area contributed by atoms with E-state index < -0.39 is 6.10 Å². The first-order valence-corrected chi connectivity index (χ1v) is 3.93. The van der Waals surface area contributed by atoms with Crippen LogP contribution in [-0.4, -0.2) is 12.2 Å². The Balaban J connectivity index is 2.90. The second-order valence-corrected chi connectivity index (χ2v) is 2.98. The van der Waals surface area contributed by atoms with E-state index in [2.05, 4.69) is 0 Å². The van der Waals surface area contributed by atoms with Crippen molar-refractivity contribution in [2.24, 2.45) is 0 Å². The average Bonchev–Trinajstić information content (AvgIpc) is 2.33. The molecule has 0 spiro atoms. The quantitative estimate of drug-likeness (QED) is 0.711. The second-order valence-electron chi connectivity index (χ2n) is 2.03. The number of hydrogen-bond donors (Lipinski definition) is 1. The minimum atomic E-state index is -0.421. The smallest absolute Gasteiger partial charge is 0.135 e. The third kappa shape index (κ3) is 1.30. The molecule has 0 aliphatic rings. The topological polar surface area (TPSA) is 29.5 Å². The first kappa shape index (κ1) is 7.57. The van der Waals surface area contributed by atoms with Gasteiger partial charge < -0.3 is 9.84 Å². The maximum Gasteiger partial charge on any atom is 0.135 e. The lowest BCUT2D eigenvalue weighted by molar-refractivity contribution is 0.198. The van der Waals surface area contributed by atoms with Crippen molar-refractivity contribution in [3.05, 3.63) is 16.3 Å². The van der Waals surface area contributed by atoms with Gasteiger partial charge in [0, 0.05) is 0 Å². The summed E-state index contributed by atoms with van der Waals surface area (Å²) in [6.45, 7) is 1.73. The van der Waals surface area contributed by atoms with Crippen molar-refractivity contribution in [1.29, 1.82) is 0 Å². The highest BCUT2D eigenvalue weighted by Crippen LogP contribution is 2.29. The van der Waals surface area contributed by atoms with Gasteiger partial charge in [-0.2, -0.15) is 0 Å². The van der Waals surface area contributed by atoms with Crippen LogP contribution in [-0.2, 0) is 0 Å². The number of ether oxygens (including phenoxy) is 1. The van der Waals surface area contributed by atoms with Crippen LogP contribution < -0.4 is 4.74 Å². The fraction of sp³-hybridized carbons (Fsp3) is 0.429. The molecule has 56 valence electrons. The summed E-state index contributed by atoms with van der Waals surface area (Å²) in [5.41, 5.74) is 0. The molecule has 0 radical (unpaired) electrons. The summed E-state index contributed by atoms with van der Waals surface area (Å²) >= 11 is 1.51. The Bertz CT molecular complexity index is 205. The van der Waals surface area contributed by atoms with Crippen LogP contribution in [0.1, 0.15) is 17.9 Å². The summed E-state index contributed by atoms with van der Waals surface area (Å²) in [4.78, 5) is 0.891. The first-order chi connectivity index (χ1) is 4.75. The van der Waals surface area contributed by atoms with E-state index in [4.69, 9.17) is 9.84 Å². The van der Waals surface area contributed by atoms with E-state index in [9.17, 15) is 0 Å². The van der Waals surface area contributed by atoms with Gasteiger partial charge in [-0.3, -0.25) is 0 Å². The van der Waals surface area contributed by atoms with Crippen LogP contribution in [0.3, 0.4) is 0 Å². The molecule has 1 N–H and O–H groups in total. The molecule has 1 unspecified atom stereocenters. The molecule has 0 aliphatic carbocycles. The molecule has 0 saturated carbocycles. The van der Waals surface area contributed by atoms with Crippen LogP contribution in [0, 0.1) is 0 Å². The van der Waals surface area contributed by atoms with Crippen molar-refractivity contribution >= 4 is 11.3 Å². The molecule has 0 fully saturated rings. The van der Waals surface area contributed by atoms with Crippen LogP contribution in [0.4, 0.5) is 0 Å². The largest absolute Gasteiger partial charge is 0.495 e. The van der Waals surface area contributed by atoms with Crippen LogP contribution in [0.2, 0.25) is 0 Å². The average molecular weight is 158 g/mol. The maximum absolute atomic E-state index is 9.15. The van der Waals surface area contributed by atoms with Crippen molar-refractivity contribution < 1.29 is 9.84 Å². The zero-order valence-electron chi connectivity index (χ0n) is 6.00. The molecular weight excluding hydrogens is 148 g/mol. The SMILES string of the molecule is COc1ccsc1C(C)O. The third-order valence-corrected chi connectivity index (χ3v) is 2.33. The molecular formula is C7H10O2S. The van der Waals surface area contributed by atoms with Gasteiger partial charge in [-0.25, -0.2) is 0 Å². The molecule has 10 heavy (non-hydrogen) atoms. The van der Waals surface area contributed by atoms with Gasteiger partial charge in [0.2, 0.25) is 0 Å². The van der Waals surface area contributed by atoms with Gasteiger partial charge in [-0.15, -0.1) is 11.3 Å². The lowest BCUT2D eigenvalue weighted by Gasteiger charge is -2.03. The molecule has 1 heterocycles. The van der Waals surface area contributed by atoms with E-state index in [0.29, 0.717) is 0 Å². The number of aliphatic hydroxyl groups excluding tert-OH is 1. The Morgan fingerprint density at radius 2 is 2.40 bits per heavy atom. The van der Waals surface area contributed by atoms with Gasteiger partial charge in [-0.1, -0.05) is 0 Å². The minimum absolute atomic E-state index is 0.421. The van der Waals surface area contributed by atoms with E-state index >= 15 is 0 Å². The van der Waals surface area contributed by atoms with Crippen LogP contribution in [0.15, 0.2) is 11.4 Å². The van der Waals surface area contributed by atoms with Gasteiger partial charge in [0.05, 0.1) is 18.1 Å². The number of aliphatic hydroxyl groups is 1. The van der Waals surface area contributed by atoms with Gasteiger partial charge in [0.25, 0.3) is 0 Å². The van der Waals surface area contributed by atoms with Crippen molar-refractivity contribution in [3.8, 4) is 5.75 Å². The molecule has 1 aromatic heterocycles. The first-order valence-electron chi connectivity index (χ1n) is 3.05. The number of thiophene rings is 1. The highest BCUT2D eigenvalue weighted by atomic mass is 32.1. The fourth-order valence-corrected chi connectivity index (χ4v) is 1.59. The van der Waals surface area contributed by atoms with E-state index in [1.54, 1.807) is 14.0 Å². The number of methoxy groups -OCH3 is 1. The molecule has 0 aliphatic heterocycles. The van der Waals surface area contributed by atoms with Crippen molar-refractivity contribution in [3.63, 3.8) is 0 Å². The van der Waals surface area contributed by atoms with Crippen LogP contribution >= 0.6 is 11.3 Å². The molecule has 0 amide bonds. The zero-order chi connectivity index (χ0) is 7.56. The normalized spacial score (nSPS) is 13.1. The number of hydrogen-bond acceptors (Lipinski definition) is 3. The van der Waals surface area contributed by atoms with E-state index in [1.165, 1.54) is 11.3 Å². The Labute approximate surface area is 64.1 Å². The van der Waals surface area contributed by atoms with E-state index in [-0.39, 0.29) is 0 Å². The summed E-state index contributed by atoms with van der Waals surface area (Å²) in [5, 5.41) is 11.1. The predicted octanol–water partition coefficient (Wildman–Crippen LogP) is 1.81. The highest BCUT2D eigenvalue weighted by molar-refractivity contribution is 7.10. The summed E-state index contributed by atoms with van der Waals surface area (Å²) in [6, 6.07) is 1.85. The Morgan fingerprint density at radius 3 is 2.80 bits per heavy atom.